The molecule has 3 N–H and O–H groups in total. The molecule has 4 nitrogen and oxygen atoms in total. The summed E-state index contributed by atoms with van der Waals surface area (Å²) >= 11 is 0. The van der Waals surface area contributed by atoms with E-state index >= 15 is 0 Å². The molecule has 1 unspecified atom stereocenters. The Morgan fingerprint density at radius 1 is 1.35 bits per heavy atom. The molecule has 1 aromatic carbocycles. The van der Waals surface area contributed by atoms with Crippen LogP contribution in [0.25, 0.3) is 0 Å². The first-order chi connectivity index (χ1) is 9.44. The standard InChI is InChI=1S/C16H26N2O2/c1-5-15(20)18-13-8-7-12(3)14(9-13)17-10-16(4,6-2)11-19/h7-9,17,19H,5-6,10-11H2,1-4H3,(H,18,20). The predicted molar refractivity (Wildman–Crippen MR) is 84.1 cm³/mol. The molecule has 0 aliphatic heterocycles. The van der Waals surface area contributed by atoms with E-state index in [4.69, 9.17) is 0 Å². The topological polar surface area (TPSA) is 61.4 Å². The second kappa shape index (κ2) is 7.29. The molecule has 0 aliphatic rings. The number of carbonyl (C=O) groups is 1. The maximum absolute atomic E-state index is 11.4. The summed E-state index contributed by atoms with van der Waals surface area (Å²) in [5.41, 5.74) is 2.78. The first-order valence-corrected chi connectivity index (χ1v) is 7.19. The number of nitrogens with one attached hydrogen (secondary N) is 2. The Labute approximate surface area is 121 Å². The van der Waals surface area contributed by atoms with Gasteiger partial charge in [0.15, 0.2) is 0 Å². The van der Waals surface area contributed by atoms with Gasteiger partial charge in [0.2, 0.25) is 5.91 Å². The summed E-state index contributed by atoms with van der Waals surface area (Å²) in [5.74, 6) is 0.00792. The van der Waals surface area contributed by atoms with E-state index in [1.165, 1.54) is 0 Å². The van der Waals surface area contributed by atoms with Gasteiger partial charge in [0.1, 0.15) is 0 Å². The molecule has 0 spiro atoms. The van der Waals surface area contributed by atoms with E-state index in [1.54, 1.807) is 0 Å². The zero-order valence-corrected chi connectivity index (χ0v) is 12.9. The lowest BCUT2D eigenvalue weighted by Gasteiger charge is -2.27. The van der Waals surface area contributed by atoms with Gasteiger partial charge in [0.05, 0.1) is 6.61 Å². The van der Waals surface area contributed by atoms with Crippen LogP contribution in [-0.2, 0) is 4.79 Å². The molecule has 0 radical (unpaired) electrons. The van der Waals surface area contributed by atoms with Gasteiger partial charge in [-0.2, -0.15) is 0 Å². The molecule has 1 aromatic rings. The fourth-order valence-electron chi connectivity index (χ4n) is 1.74. The van der Waals surface area contributed by atoms with E-state index in [-0.39, 0.29) is 17.9 Å². The number of aryl methyl sites for hydroxylation is 1. The van der Waals surface area contributed by atoms with Crippen molar-refractivity contribution < 1.29 is 9.90 Å². The molecule has 0 aliphatic carbocycles. The molecule has 0 bridgehead atoms. The smallest absolute Gasteiger partial charge is 0.224 e. The second-order valence-electron chi connectivity index (χ2n) is 5.61. The minimum atomic E-state index is -0.130. The van der Waals surface area contributed by atoms with Gasteiger partial charge in [-0.3, -0.25) is 4.79 Å². The average molecular weight is 278 g/mol. The normalized spacial score (nSPS) is 13.7. The van der Waals surface area contributed by atoms with Crippen molar-refractivity contribution in [3.8, 4) is 0 Å². The minimum Gasteiger partial charge on any atom is -0.396 e. The molecule has 0 fully saturated rings. The molecule has 0 heterocycles. The van der Waals surface area contributed by atoms with Crippen LogP contribution in [0.15, 0.2) is 18.2 Å². The number of aliphatic hydroxyl groups excluding tert-OH is 1. The fraction of sp³-hybridized carbons (Fsp3) is 0.562. The first-order valence-electron chi connectivity index (χ1n) is 7.19. The quantitative estimate of drug-likeness (QED) is 0.718. The Morgan fingerprint density at radius 2 is 2.05 bits per heavy atom. The van der Waals surface area contributed by atoms with Gasteiger partial charge in [0.25, 0.3) is 0 Å². The Bertz CT molecular complexity index is 454. The summed E-state index contributed by atoms with van der Waals surface area (Å²) in [6, 6.07) is 5.82. The monoisotopic (exact) mass is 278 g/mol. The molecule has 20 heavy (non-hydrogen) atoms. The summed E-state index contributed by atoms with van der Waals surface area (Å²) in [6.07, 6.45) is 1.37. The van der Waals surface area contributed by atoms with E-state index in [9.17, 15) is 9.90 Å². The summed E-state index contributed by atoms with van der Waals surface area (Å²) in [5, 5.41) is 15.7. The van der Waals surface area contributed by atoms with Crippen molar-refractivity contribution in [2.24, 2.45) is 5.41 Å². The van der Waals surface area contributed by atoms with Gasteiger partial charge in [-0.05, 0) is 31.0 Å². The highest BCUT2D eigenvalue weighted by atomic mass is 16.3. The number of amides is 1. The van der Waals surface area contributed by atoms with Crippen LogP contribution in [0.2, 0.25) is 0 Å². The lowest BCUT2D eigenvalue weighted by Crippen LogP contribution is -2.29. The number of carbonyl (C=O) groups excluding carboxylic acids is 1. The van der Waals surface area contributed by atoms with E-state index in [2.05, 4.69) is 24.5 Å². The van der Waals surface area contributed by atoms with Crippen molar-refractivity contribution in [1.29, 1.82) is 0 Å². The van der Waals surface area contributed by atoms with Gasteiger partial charge < -0.3 is 15.7 Å². The van der Waals surface area contributed by atoms with E-state index < -0.39 is 0 Å². The van der Waals surface area contributed by atoms with Crippen molar-refractivity contribution in [3.63, 3.8) is 0 Å². The third-order valence-electron chi connectivity index (χ3n) is 3.78. The summed E-state index contributed by atoms with van der Waals surface area (Å²) in [7, 11) is 0. The number of rotatable bonds is 7. The SMILES string of the molecule is CCC(=O)Nc1ccc(C)c(NCC(C)(CC)CO)c1. The van der Waals surface area contributed by atoms with E-state index in [0.717, 1.165) is 23.4 Å². The van der Waals surface area contributed by atoms with Crippen LogP contribution in [-0.4, -0.2) is 24.2 Å². The molecule has 0 saturated heterocycles. The van der Waals surface area contributed by atoms with Crippen molar-refractivity contribution in [2.45, 2.75) is 40.5 Å². The van der Waals surface area contributed by atoms with Crippen LogP contribution in [0, 0.1) is 12.3 Å². The molecule has 4 heteroatoms. The van der Waals surface area contributed by atoms with Gasteiger partial charge in [-0.1, -0.05) is 26.8 Å². The summed E-state index contributed by atoms with van der Waals surface area (Å²) in [4.78, 5) is 11.4. The highest BCUT2D eigenvalue weighted by Gasteiger charge is 2.20. The fourth-order valence-corrected chi connectivity index (χ4v) is 1.74. The second-order valence-corrected chi connectivity index (χ2v) is 5.61. The molecule has 0 aromatic heterocycles. The molecule has 1 atom stereocenters. The Balaban J connectivity index is 2.79. The van der Waals surface area contributed by atoms with Gasteiger partial charge in [-0.15, -0.1) is 0 Å². The number of hydrogen-bond acceptors (Lipinski definition) is 3. The molecule has 1 rings (SSSR count). The summed E-state index contributed by atoms with van der Waals surface area (Å²) < 4.78 is 0. The average Bonchev–Trinajstić information content (AvgIpc) is 2.47. The molecule has 1 amide bonds. The first kappa shape index (κ1) is 16.5. The summed E-state index contributed by atoms with van der Waals surface area (Å²) in [6.45, 7) is 8.83. The lowest BCUT2D eigenvalue weighted by atomic mass is 9.88. The maximum Gasteiger partial charge on any atom is 0.224 e. The van der Waals surface area contributed by atoms with Crippen LogP contribution in [0.4, 0.5) is 11.4 Å². The highest BCUT2D eigenvalue weighted by Crippen LogP contribution is 2.24. The molecule has 112 valence electrons. The molecular formula is C16H26N2O2. The van der Waals surface area contributed by atoms with Crippen LogP contribution >= 0.6 is 0 Å². The van der Waals surface area contributed by atoms with E-state index in [1.807, 2.05) is 32.0 Å². The van der Waals surface area contributed by atoms with E-state index in [0.29, 0.717) is 13.0 Å². The van der Waals surface area contributed by atoms with Crippen LogP contribution < -0.4 is 10.6 Å². The van der Waals surface area contributed by atoms with Crippen LogP contribution in [0.1, 0.15) is 39.2 Å². The Kier molecular flexibility index (Phi) is 6.02. The third kappa shape index (κ3) is 4.53. The number of benzene rings is 1. The van der Waals surface area contributed by atoms with Crippen molar-refractivity contribution in [3.05, 3.63) is 23.8 Å². The largest absolute Gasteiger partial charge is 0.396 e. The predicted octanol–water partition coefficient (Wildman–Crippen LogP) is 3.16. The number of anilines is 2. The zero-order chi connectivity index (χ0) is 15.2. The van der Waals surface area contributed by atoms with Crippen molar-refractivity contribution in [1.82, 2.24) is 0 Å². The Morgan fingerprint density at radius 3 is 2.60 bits per heavy atom. The number of aliphatic hydroxyl groups is 1. The third-order valence-corrected chi connectivity index (χ3v) is 3.78. The molecular weight excluding hydrogens is 252 g/mol. The van der Waals surface area contributed by atoms with Gasteiger partial charge in [-0.25, -0.2) is 0 Å². The minimum absolute atomic E-state index is 0.00792. The van der Waals surface area contributed by atoms with Crippen molar-refractivity contribution in [2.75, 3.05) is 23.8 Å². The van der Waals surface area contributed by atoms with Crippen LogP contribution in [0.5, 0.6) is 0 Å². The lowest BCUT2D eigenvalue weighted by molar-refractivity contribution is -0.115. The van der Waals surface area contributed by atoms with Crippen molar-refractivity contribution >= 4 is 17.3 Å². The number of hydrogen-bond donors (Lipinski definition) is 3. The van der Waals surface area contributed by atoms with Gasteiger partial charge >= 0.3 is 0 Å². The Hall–Kier alpha value is -1.55. The maximum atomic E-state index is 11.4. The van der Waals surface area contributed by atoms with Gasteiger partial charge in [0, 0.05) is 29.8 Å². The highest BCUT2D eigenvalue weighted by molar-refractivity contribution is 5.91. The van der Waals surface area contributed by atoms with Crippen LogP contribution in [0.3, 0.4) is 0 Å². The molecule has 0 saturated carbocycles. The zero-order valence-electron chi connectivity index (χ0n) is 12.9.